The molecule has 0 aromatic rings. The first-order valence-corrected chi connectivity index (χ1v) is 28.2. The molecule has 0 saturated carbocycles. The van der Waals surface area contributed by atoms with Gasteiger partial charge in [-0.2, -0.15) is 0 Å². The third-order valence-electron chi connectivity index (χ3n) is 3.85. The van der Waals surface area contributed by atoms with E-state index in [2.05, 4.69) is 0 Å². The van der Waals surface area contributed by atoms with Crippen molar-refractivity contribution in [2.24, 2.45) is 0 Å². The summed E-state index contributed by atoms with van der Waals surface area (Å²) in [5, 5.41) is 0. The van der Waals surface area contributed by atoms with Crippen molar-refractivity contribution in [3.05, 3.63) is 0 Å². The van der Waals surface area contributed by atoms with Gasteiger partial charge in [0.2, 0.25) is 0 Å². The molecule has 24 nitrogen and oxygen atoms in total. The van der Waals surface area contributed by atoms with E-state index >= 15 is 0 Å². The van der Waals surface area contributed by atoms with Crippen LogP contribution in [0.2, 0.25) is 0 Å². The number of halogens is 1. The zero-order chi connectivity index (χ0) is 25.6. The molecule has 35 heavy (non-hydrogen) atoms. The zero-order valence-electron chi connectivity index (χ0n) is 15.5. The Bertz CT molecular complexity index is 686. The minimum Gasteiger partial charge on any atom is -0.369 e. The summed E-state index contributed by atoms with van der Waals surface area (Å²) in [6.07, 6.45) is -5.00. The topological polar surface area (TPSA) is 321 Å². The largest absolute Gasteiger partial charge is 0.659 e. The lowest BCUT2D eigenvalue weighted by Crippen LogP contribution is -2.88. The van der Waals surface area contributed by atoms with Gasteiger partial charge in [0.25, 0.3) is 0 Å². The van der Waals surface area contributed by atoms with Crippen molar-refractivity contribution in [2.75, 3.05) is 0 Å². The van der Waals surface area contributed by atoms with Gasteiger partial charge >= 0.3 is 87.7 Å². The van der Waals surface area contributed by atoms with Crippen LogP contribution in [0.25, 0.3) is 0 Å². The second kappa shape index (κ2) is 7.41. The van der Waals surface area contributed by atoms with Gasteiger partial charge in [0.15, 0.2) is 0 Å². The average molecular weight is 801 g/mol. The predicted molar refractivity (Wildman–Crippen MR) is 108 cm³/mol. The van der Waals surface area contributed by atoms with Gasteiger partial charge in [-0.1, -0.05) is 0 Å². The lowest BCUT2D eigenvalue weighted by Gasteiger charge is -2.53. The van der Waals surface area contributed by atoms with Crippen molar-refractivity contribution in [1.82, 2.24) is 0 Å². The summed E-state index contributed by atoms with van der Waals surface area (Å²) < 4.78 is 73.9. The first-order valence-electron chi connectivity index (χ1n) is 8.33. The Kier molecular flexibility index (Phi) is 5.74. The minimum atomic E-state index is -5.91. The summed E-state index contributed by atoms with van der Waals surface area (Å²) >= 11 is 1.12. The molecule has 5 aliphatic heterocycles. The summed E-state index contributed by atoms with van der Waals surface area (Å²) in [4.78, 5) is 98.0. The summed E-state index contributed by atoms with van der Waals surface area (Å²) in [6, 6.07) is 0. The van der Waals surface area contributed by atoms with Crippen LogP contribution in [0.15, 0.2) is 0 Å². The molecule has 0 aromatic heterocycles. The summed E-state index contributed by atoms with van der Waals surface area (Å²) in [5.41, 5.74) is 0. The van der Waals surface area contributed by atoms with E-state index < -0.39 is 87.7 Å². The van der Waals surface area contributed by atoms with E-state index in [9.17, 15) is 43.2 Å². The molecule has 5 heterocycles. The number of hydrogen-bond donors (Lipinski definition) is 9. The van der Waals surface area contributed by atoms with Crippen molar-refractivity contribution in [3.63, 3.8) is 0 Å². The maximum atomic E-state index is 11.0. The van der Waals surface area contributed by atoms with E-state index in [1.165, 1.54) is 0 Å². The minimum absolute atomic E-state index is 1.12. The predicted octanol–water partition coefficient (Wildman–Crippen LogP) is -8.96. The molecule has 0 radical (unpaired) electrons. The number of fused-ring (bicyclic) bond motifs is 10. The van der Waals surface area contributed by atoms with E-state index in [0.29, 0.717) is 0 Å². The maximum absolute atomic E-state index is 11.0. The molecule has 200 valence electrons. The van der Waals surface area contributed by atoms with Crippen molar-refractivity contribution in [1.29, 1.82) is 0 Å². The van der Waals surface area contributed by atoms with Crippen LogP contribution < -0.4 is 0 Å². The molecular formula is H9IO24Si10. The molecule has 8 unspecified atom stereocenters. The lowest BCUT2D eigenvalue weighted by molar-refractivity contribution is -0.125. The first kappa shape index (κ1) is 27.1. The second-order valence-corrected chi connectivity index (χ2v) is 33.3. The van der Waals surface area contributed by atoms with Gasteiger partial charge in [-0.25, -0.2) is 0 Å². The smallest absolute Gasteiger partial charge is 0.369 e. The van der Waals surface area contributed by atoms with Gasteiger partial charge in [0.1, 0.15) is 0 Å². The normalized spacial score (nSPS) is 66.0. The average Bonchev–Trinajstić information content (AvgIpc) is 2.40. The molecule has 9 N–H and O–H groups in total. The Morgan fingerprint density at radius 1 is 0.257 bits per heavy atom. The fraction of sp³-hybridized carbons (Fsp3) is 0. The Morgan fingerprint density at radius 3 is 0.514 bits per heavy atom. The third-order valence-corrected chi connectivity index (χ3v) is 40.6. The standard InChI is InChI=1S/H9IO24Si10/c1-26-11-27(2)14-30(5)16-28(3,12-26)18-32(7)22-33(8)19-29(4,13-26)17-31(6,15-27)21-35(10,24-33)25-34(9,20-30)23-32/h2-10H. The number of hydrogen-bond acceptors (Lipinski definition) is 24. The van der Waals surface area contributed by atoms with Crippen LogP contribution in [-0.4, -0.2) is 131 Å². The van der Waals surface area contributed by atoms with Crippen LogP contribution in [0.3, 0.4) is 0 Å². The van der Waals surface area contributed by atoms with Crippen LogP contribution in [0.1, 0.15) is 0 Å². The summed E-state index contributed by atoms with van der Waals surface area (Å²) in [6.45, 7) is 0. The van der Waals surface area contributed by atoms with Gasteiger partial charge in [-0.15, -0.1) is 0 Å². The van der Waals surface area contributed by atoms with Gasteiger partial charge < -0.3 is 105 Å². The van der Waals surface area contributed by atoms with Gasteiger partial charge in [0, 0.05) is 0 Å². The molecule has 0 aromatic carbocycles. The highest BCUT2D eigenvalue weighted by molar-refractivity contribution is 14.1. The van der Waals surface area contributed by atoms with Crippen molar-refractivity contribution >= 4 is 110 Å². The van der Waals surface area contributed by atoms with Crippen LogP contribution >= 0.6 is 21.8 Å². The van der Waals surface area contributed by atoms with Gasteiger partial charge in [-0.3, -0.25) is 0 Å². The molecule has 8 atom stereocenters. The Balaban J connectivity index is 1.68. The molecule has 5 fully saturated rings. The number of rotatable bonds is 0. The van der Waals surface area contributed by atoms with E-state index in [0.717, 1.165) is 21.8 Å². The van der Waals surface area contributed by atoms with Crippen molar-refractivity contribution < 1.29 is 105 Å². The molecule has 10 bridgehead atoms. The molecule has 0 amide bonds. The lowest BCUT2D eigenvalue weighted by atomic mass is 15.5. The molecule has 5 aliphatic rings. The van der Waals surface area contributed by atoms with E-state index in [1.807, 2.05) is 0 Å². The second-order valence-electron chi connectivity index (χ2n) is 6.73. The van der Waals surface area contributed by atoms with Gasteiger partial charge in [-0.05, 0) is 21.8 Å². The quantitative estimate of drug-likeness (QED) is 0.0624. The molecular weight excluding hydrogens is 792 g/mol. The fourth-order valence-corrected chi connectivity index (χ4v) is 46.2. The molecule has 5 saturated heterocycles. The molecule has 35 heteroatoms. The Labute approximate surface area is 213 Å². The van der Waals surface area contributed by atoms with Crippen LogP contribution in [0, 0.1) is 0 Å². The molecule has 5 rings (SSSR count). The van der Waals surface area contributed by atoms with Gasteiger partial charge in [0.05, 0.1) is 0 Å². The van der Waals surface area contributed by atoms with Crippen molar-refractivity contribution in [2.45, 2.75) is 0 Å². The molecule has 0 spiro atoms. The molecule has 0 aliphatic carbocycles. The summed E-state index contributed by atoms with van der Waals surface area (Å²) in [7, 11) is -52.5. The Morgan fingerprint density at radius 2 is 0.371 bits per heavy atom. The first-order chi connectivity index (χ1) is 15.6. The maximum Gasteiger partial charge on any atom is 0.659 e. The summed E-state index contributed by atoms with van der Waals surface area (Å²) in [5.74, 6) is 0. The van der Waals surface area contributed by atoms with E-state index in [1.54, 1.807) is 0 Å². The van der Waals surface area contributed by atoms with Crippen molar-refractivity contribution in [3.8, 4) is 0 Å². The van der Waals surface area contributed by atoms with Crippen LogP contribution in [-0.2, 0) is 61.7 Å². The highest BCUT2D eigenvalue weighted by Crippen LogP contribution is 2.46. The van der Waals surface area contributed by atoms with E-state index in [-0.39, 0.29) is 0 Å². The monoisotopic (exact) mass is 800 g/mol. The van der Waals surface area contributed by atoms with E-state index in [4.69, 9.17) is 61.7 Å². The highest BCUT2D eigenvalue weighted by atomic mass is 127. The zero-order valence-corrected chi connectivity index (χ0v) is 27.7. The SMILES string of the molecule is O[Si]12O[Si]3(O)O[Si]4(O)O[Si](O)(O1)O[Si]1(O)O[Si](O)(O2)O[Si]2(O)O[Si](O)(O3)O[Si](O)(O4)O[Si](I)(O1)O2. The van der Waals surface area contributed by atoms with Crippen LogP contribution in [0.4, 0.5) is 0 Å². The highest BCUT2D eigenvalue weighted by Gasteiger charge is 2.88. The Hall–Kier alpha value is 1.94. The fourth-order valence-electron chi connectivity index (χ4n) is 3.04. The van der Waals surface area contributed by atoms with Crippen LogP contribution in [0.5, 0.6) is 0 Å². The third kappa shape index (κ3) is 4.90.